The van der Waals surface area contributed by atoms with Gasteiger partial charge in [-0.25, -0.2) is 4.98 Å². The summed E-state index contributed by atoms with van der Waals surface area (Å²) in [4.78, 5) is 4.42. The van der Waals surface area contributed by atoms with Crippen LogP contribution in [0.1, 0.15) is 18.7 Å². The molecule has 0 bridgehead atoms. The lowest BCUT2D eigenvalue weighted by Crippen LogP contribution is -2.12. The molecule has 2 aromatic rings. The van der Waals surface area contributed by atoms with Crippen LogP contribution in [0.15, 0.2) is 41.0 Å². The summed E-state index contributed by atoms with van der Waals surface area (Å²) in [5, 5.41) is 3.12. The van der Waals surface area contributed by atoms with E-state index in [0.717, 1.165) is 11.3 Å². The number of hydrogen-bond donors (Lipinski definition) is 1. The Kier molecular flexibility index (Phi) is 2.83. The second-order valence-electron chi connectivity index (χ2n) is 3.45. The first-order valence-corrected chi connectivity index (χ1v) is 4.99. The SMILES string of the molecule is CNC(C)c1coc(-c2ccccc2)n1. The van der Waals surface area contributed by atoms with Gasteiger partial charge in [0.05, 0.1) is 5.69 Å². The van der Waals surface area contributed by atoms with E-state index in [2.05, 4.69) is 10.3 Å². The third-order valence-corrected chi connectivity index (χ3v) is 2.42. The molecule has 0 fully saturated rings. The Balaban J connectivity index is 2.28. The van der Waals surface area contributed by atoms with Gasteiger partial charge in [0.2, 0.25) is 5.89 Å². The third kappa shape index (κ3) is 2.07. The van der Waals surface area contributed by atoms with E-state index in [1.165, 1.54) is 0 Å². The lowest BCUT2D eigenvalue weighted by Gasteiger charge is -2.03. The Labute approximate surface area is 89.1 Å². The minimum atomic E-state index is 0.214. The summed E-state index contributed by atoms with van der Waals surface area (Å²) < 4.78 is 5.42. The molecule has 0 spiro atoms. The summed E-state index contributed by atoms with van der Waals surface area (Å²) in [6.07, 6.45) is 1.70. The van der Waals surface area contributed by atoms with Gasteiger partial charge in [0.25, 0.3) is 0 Å². The third-order valence-electron chi connectivity index (χ3n) is 2.42. The van der Waals surface area contributed by atoms with Crippen molar-refractivity contribution in [2.24, 2.45) is 0 Å². The second-order valence-corrected chi connectivity index (χ2v) is 3.45. The number of oxazole rings is 1. The highest BCUT2D eigenvalue weighted by molar-refractivity contribution is 5.52. The van der Waals surface area contributed by atoms with Crippen molar-refractivity contribution in [2.75, 3.05) is 7.05 Å². The highest BCUT2D eigenvalue weighted by Gasteiger charge is 2.10. The largest absolute Gasteiger partial charge is 0.444 e. The molecule has 3 heteroatoms. The molecule has 78 valence electrons. The van der Waals surface area contributed by atoms with Gasteiger partial charge < -0.3 is 9.73 Å². The van der Waals surface area contributed by atoms with Crippen molar-refractivity contribution in [3.05, 3.63) is 42.3 Å². The minimum absolute atomic E-state index is 0.214. The van der Waals surface area contributed by atoms with Crippen molar-refractivity contribution in [3.8, 4) is 11.5 Å². The van der Waals surface area contributed by atoms with Gasteiger partial charge in [-0.3, -0.25) is 0 Å². The Bertz CT molecular complexity index is 422. The maximum absolute atomic E-state index is 5.42. The van der Waals surface area contributed by atoms with Crippen molar-refractivity contribution in [1.82, 2.24) is 10.3 Å². The molecule has 2 rings (SSSR count). The van der Waals surface area contributed by atoms with Gasteiger partial charge >= 0.3 is 0 Å². The van der Waals surface area contributed by atoms with E-state index < -0.39 is 0 Å². The van der Waals surface area contributed by atoms with Gasteiger partial charge in [0, 0.05) is 11.6 Å². The molecule has 3 nitrogen and oxygen atoms in total. The van der Waals surface area contributed by atoms with E-state index in [-0.39, 0.29) is 6.04 Å². The average molecular weight is 202 g/mol. The van der Waals surface area contributed by atoms with Gasteiger partial charge in [-0.2, -0.15) is 0 Å². The quantitative estimate of drug-likeness (QED) is 0.831. The van der Waals surface area contributed by atoms with Crippen molar-refractivity contribution in [1.29, 1.82) is 0 Å². The molecule has 1 atom stereocenters. The van der Waals surface area contributed by atoms with Crippen molar-refractivity contribution >= 4 is 0 Å². The van der Waals surface area contributed by atoms with Gasteiger partial charge in [0.1, 0.15) is 6.26 Å². The van der Waals surface area contributed by atoms with Crippen LogP contribution in [0.3, 0.4) is 0 Å². The molecule has 0 aliphatic rings. The molecule has 0 saturated heterocycles. The maximum Gasteiger partial charge on any atom is 0.226 e. The molecule has 1 aromatic heterocycles. The smallest absolute Gasteiger partial charge is 0.226 e. The number of nitrogens with one attached hydrogen (secondary N) is 1. The summed E-state index contributed by atoms with van der Waals surface area (Å²) in [6, 6.07) is 10.1. The number of hydrogen-bond acceptors (Lipinski definition) is 3. The fraction of sp³-hybridized carbons (Fsp3) is 0.250. The highest BCUT2D eigenvalue weighted by Crippen LogP contribution is 2.20. The normalized spacial score (nSPS) is 12.7. The van der Waals surface area contributed by atoms with Gasteiger partial charge in [-0.15, -0.1) is 0 Å². The maximum atomic E-state index is 5.42. The standard InChI is InChI=1S/C12H14N2O/c1-9(13-2)11-8-15-12(14-11)10-6-4-3-5-7-10/h3-9,13H,1-2H3. The first kappa shape index (κ1) is 9.93. The predicted octanol–water partition coefficient (Wildman–Crippen LogP) is 2.62. The van der Waals surface area contributed by atoms with Crippen LogP contribution in [-0.4, -0.2) is 12.0 Å². The molecule has 1 N–H and O–H groups in total. The molecule has 0 radical (unpaired) electrons. The monoisotopic (exact) mass is 202 g/mol. The van der Waals surface area contributed by atoms with Crippen LogP contribution in [0.2, 0.25) is 0 Å². The lowest BCUT2D eigenvalue weighted by atomic mass is 10.2. The summed E-state index contributed by atoms with van der Waals surface area (Å²) >= 11 is 0. The second kappa shape index (κ2) is 4.28. The summed E-state index contributed by atoms with van der Waals surface area (Å²) in [6.45, 7) is 2.05. The van der Waals surface area contributed by atoms with Gasteiger partial charge in [-0.05, 0) is 26.1 Å². The molecule has 1 heterocycles. The summed E-state index contributed by atoms with van der Waals surface area (Å²) in [5.41, 5.74) is 1.93. The molecule has 1 unspecified atom stereocenters. The minimum Gasteiger partial charge on any atom is -0.444 e. The molecule has 15 heavy (non-hydrogen) atoms. The molecular weight excluding hydrogens is 188 g/mol. The molecule has 1 aromatic carbocycles. The fourth-order valence-electron chi connectivity index (χ4n) is 1.35. The molecule has 0 saturated carbocycles. The van der Waals surface area contributed by atoms with E-state index in [4.69, 9.17) is 4.42 Å². The van der Waals surface area contributed by atoms with E-state index in [1.54, 1.807) is 6.26 Å². The van der Waals surface area contributed by atoms with Crippen LogP contribution in [-0.2, 0) is 0 Å². The predicted molar refractivity (Wildman–Crippen MR) is 59.4 cm³/mol. The van der Waals surface area contributed by atoms with E-state index in [1.807, 2.05) is 44.3 Å². The topological polar surface area (TPSA) is 38.1 Å². The highest BCUT2D eigenvalue weighted by atomic mass is 16.3. The van der Waals surface area contributed by atoms with Crippen LogP contribution in [0.4, 0.5) is 0 Å². The Hall–Kier alpha value is -1.61. The van der Waals surface area contributed by atoms with Crippen LogP contribution >= 0.6 is 0 Å². The van der Waals surface area contributed by atoms with Gasteiger partial charge in [0.15, 0.2) is 0 Å². The Morgan fingerprint density at radius 1 is 1.27 bits per heavy atom. The fourth-order valence-corrected chi connectivity index (χ4v) is 1.35. The van der Waals surface area contributed by atoms with Crippen molar-refractivity contribution in [3.63, 3.8) is 0 Å². The molecular formula is C12H14N2O. The van der Waals surface area contributed by atoms with E-state index >= 15 is 0 Å². The Morgan fingerprint density at radius 2 is 2.00 bits per heavy atom. The lowest BCUT2D eigenvalue weighted by molar-refractivity contribution is 0.564. The van der Waals surface area contributed by atoms with Gasteiger partial charge in [-0.1, -0.05) is 18.2 Å². The van der Waals surface area contributed by atoms with Crippen molar-refractivity contribution < 1.29 is 4.42 Å². The zero-order valence-electron chi connectivity index (χ0n) is 8.90. The molecule has 0 amide bonds. The van der Waals surface area contributed by atoms with Crippen LogP contribution in [0.5, 0.6) is 0 Å². The average Bonchev–Trinajstić information content (AvgIpc) is 2.78. The first-order valence-electron chi connectivity index (χ1n) is 4.99. The molecule has 0 aliphatic heterocycles. The molecule has 0 aliphatic carbocycles. The summed E-state index contributed by atoms with van der Waals surface area (Å²) in [7, 11) is 1.90. The van der Waals surface area contributed by atoms with Crippen LogP contribution in [0, 0.1) is 0 Å². The Morgan fingerprint density at radius 3 is 2.67 bits per heavy atom. The summed E-state index contributed by atoms with van der Waals surface area (Å²) in [5.74, 6) is 0.674. The number of benzene rings is 1. The van der Waals surface area contributed by atoms with Crippen LogP contribution in [0.25, 0.3) is 11.5 Å². The number of nitrogens with zero attached hydrogens (tertiary/aromatic N) is 1. The van der Waals surface area contributed by atoms with E-state index in [9.17, 15) is 0 Å². The van der Waals surface area contributed by atoms with Crippen LogP contribution < -0.4 is 5.32 Å². The number of aromatic nitrogens is 1. The first-order chi connectivity index (χ1) is 7.31. The van der Waals surface area contributed by atoms with E-state index in [0.29, 0.717) is 5.89 Å². The zero-order valence-corrected chi connectivity index (χ0v) is 8.90. The zero-order chi connectivity index (χ0) is 10.7. The van der Waals surface area contributed by atoms with Crippen molar-refractivity contribution in [2.45, 2.75) is 13.0 Å². The number of rotatable bonds is 3.